The van der Waals surface area contributed by atoms with E-state index in [4.69, 9.17) is 11.6 Å². The first-order chi connectivity index (χ1) is 14.0. The molecule has 2 N–H and O–H groups in total. The van der Waals surface area contributed by atoms with Crippen molar-refractivity contribution >= 4 is 23.6 Å². The first-order valence-electron chi connectivity index (χ1n) is 10.8. The Labute approximate surface area is 183 Å². The average Bonchev–Trinajstić information content (AvgIpc) is 3.42. The minimum atomic E-state index is -0.744. The quantitative estimate of drug-likeness (QED) is 0.534. The van der Waals surface area contributed by atoms with E-state index in [1.54, 1.807) is 4.90 Å². The summed E-state index contributed by atoms with van der Waals surface area (Å²) in [5.74, 6) is -0.0822. The fourth-order valence-corrected chi connectivity index (χ4v) is 5.85. The molecule has 0 aromatic carbocycles. The molecule has 0 spiro atoms. The molecule has 1 aliphatic heterocycles. The van der Waals surface area contributed by atoms with Crippen molar-refractivity contribution in [2.75, 3.05) is 0 Å². The molecule has 0 unspecified atom stereocenters. The lowest BCUT2D eigenvalue weighted by atomic mass is 9.38. The largest absolute Gasteiger partial charge is 0.481 e. The van der Waals surface area contributed by atoms with Crippen LogP contribution in [0.1, 0.15) is 59.8 Å². The maximum Gasteiger partial charge on any atom is 0.322 e. The molecule has 162 valence electrons. The average molecular weight is 431 g/mol. The van der Waals surface area contributed by atoms with Crippen LogP contribution in [0.3, 0.4) is 0 Å². The highest BCUT2D eigenvalue weighted by Crippen LogP contribution is 2.70. The normalized spacial score (nSPS) is 36.0. The standard InChI is InChI=1S/C24H31ClN2O3/c1-6-17(9-19(25)15(4)16-7-8-16)22(5)18(14(2)3)10-27(21(30)26-22)24-11-23(12-24,13-24)20(28)29/h6,9-10,14,16H,4,7-8,11-13H2,1-3,5H3,(H,26,30)(H,28,29)/b17-6+,19-9+/t22-,23?,24?/m0/s1. The zero-order valence-electron chi connectivity index (χ0n) is 18.2. The number of amides is 2. The minimum absolute atomic E-state index is 0.175. The van der Waals surface area contributed by atoms with Crippen molar-refractivity contribution < 1.29 is 14.7 Å². The van der Waals surface area contributed by atoms with Gasteiger partial charge in [0.1, 0.15) is 0 Å². The molecule has 4 aliphatic carbocycles. The summed E-state index contributed by atoms with van der Waals surface area (Å²) in [5.41, 5.74) is 1.32. The molecule has 5 aliphatic rings. The first kappa shape index (κ1) is 21.2. The first-order valence-corrected chi connectivity index (χ1v) is 11.2. The summed E-state index contributed by atoms with van der Waals surface area (Å²) in [4.78, 5) is 26.5. The number of nitrogens with one attached hydrogen (secondary N) is 1. The van der Waals surface area contributed by atoms with Crippen LogP contribution >= 0.6 is 11.6 Å². The number of hydrogen-bond acceptors (Lipinski definition) is 2. The molecule has 6 heteroatoms. The number of carboxylic acid groups (broad SMARTS) is 1. The van der Waals surface area contributed by atoms with E-state index >= 15 is 0 Å². The summed E-state index contributed by atoms with van der Waals surface area (Å²) in [6.07, 6.45) is 9.77. The number of aliphatic carboxylic acids is 1. The molecule has 0 aromatic rings. The number of urea groups is 1. The van der Waals surface area contributed by atoms with E-state index in [0.29, 0.717) is 30.2 Å². The molecular formula is C24H31ClN2O3. The van der Waals surface area contributed by atoms with Crippen molar-refractivity contribution in [3.63, 3.8) is 0 Å². The van der Waals surface area contributed by atoms with E-state index in [0.717, 1.165) is 29.6 Å². The molecular weight excluding hydrogens is 400 g/mol. The van der Waals surface area contributed by atoms with Gasteiger partial charge in [-0.15, -0.1) is 0 Å². The van der Waals surface area contributed by atoms with Gasteiger partial charge in [0, 0.05) is 11.2 Å². The molecule has 0 saturated heterocycles. The van der Waals surface area contributed by atoms with Crippen LogP contribution in [0.4, 0.5) is 4.79 Å². The third-order valence-corrected chi connectivity index (χ3v) is 7.91. The second kappa shape index (κ2) is 6.74. The Hall–Kier alpha value is -2.01. The Morgan fingerprint density at radius 1 is 1.37 bits per heavy atom. The number of carbonyl (C=O) groups is 2. The Kier molecular flexibility index (Phi) is 4.77. The maximum absolute atomic E-state index is 13.2. The lowest BCUT2D eigenvalue weighted by Gasteiger charge is -2.71. The van der Waals surface area contributed by atoms with E-state index in [1.807, 2.05) is 32.2 Å². The molecule has 5 nitrogen and oxygen atoms in total. The van der Waals surface area contributed by atoms with Gasteiger partial charge in [0.05, 0.1) is 16.5 Å². The van der Waals surface area contributed by atoms with Gasteiger partial charge in [-0.25, -0.2) is 4.79 Å². The summed E-state index contributed by atoms with van der Waals surface area (Å²) in [7, 11) is 0. The minimum Gasteiger partial charge on any atom is -0.481 e. The zero-order chi connectivity index (χ0) is 22.1. The molecule has 2 bridgehead atoms. The number of halogens is 1. The molecule has 2 amide bonds. The summed E-state index contributed by atoms with van der Waals surface area (Å²) in [6, 6.07) is -0.175. The van der Waals surface area contributed by atoms with Crippen LogP contribution in [0.25, 0.3) is 0 Å². The summed E-state index contributed by atoms with van der Waals surface area (Å²) >= 11 is 6.59. The molecule has 4 fully saturated rings. The smallest absolute Gasteiger partial charge is 0.322 e. The molecule has 4 saturated carbocycles. The van der Waals surface area contributed by atoms with Crippen molar-refractivity contribution in [3.05, 3.63) is 46.7 Å². The van der Waals surface area contributed by atoms with E-state index < -0.39 is 16.9 Å². The van der Waals surface area contributed by atoms with Gasteiger partial charge in [0.2, 0.25) is 0 Å². The van der Waals surface area contributed by atoms with Crippen LogP contribution < -0.4 is 5.32 Å². The lowest BCUT2D eigenvalue weighted by molar-refractivity contribution is -0.215. The third-order valence-electron chi connectivity index (χ3n) is 7.56. The molecule has 30 heavy (non-hydrogen) atoms. The Bertz CT molecular complexity index is 905. The van der Waals surface area contributed by atoms with Crippen LogP contribution in [-0.4, -0.2) is 33.1 Å². The van der Waals surface area contributed by atoms with Crippen molar-refractivity contribution in [1.29, 1.82) is 0 Å². The van der Waals surface area contributed by atoms with E-state index in [2.05, 4.69) is 25.7 Å². The van der Waals surface area contributed by atoms with Gasteiger partial charge in [-0.1, -0.05) is 38.1 Å². The number of hydrogen-bond donors (Lipinski definition) is 2. The number of nitrogens with zero attached hydrogens (tertiary/aromatic N) is 1. The predicted molar refractivity (Wildman–Crippen MR) is 118 cm³/mol. The van der Waals surface area contributed by atoms with Crippen LogP contribution in [0.5, 0.6) is 0 Å². The topological polar surface area (TPSA) is 69.6 Å². The van der Waals surface area contributed by atoms with Gasteiger partial charge >= 0.3 is 12.0 Å². The van der Waals surface area contributed by atoms with Gasteiger partial charge in [0.15, 0.2) is 0 Å². The zero-order valence-corrected chi connectivity index (χ0v) is 19.0. The summed E-state index contributed by atoms with van der Waals surface area (Å²) < 4.78 is 0. The van der Waals surface area contributed by atoms with Gasteiger partial charge < -0.3 is 10.4 Å². The fraction of sp³-hybridized carbons (Fsp3) is 0.583. The van der Waals surface area contributed by atoms with Crippen molar-refractivity contribution in [3.8, 4) is 0 Å². The maximum atomic E-state index is 13.2. The van der Waals surface area contributed by atoms with Crippen LogP contribution in [-0.2, 0) is 4.79 Å². The number of rotatable bonds is 7. The molecule has 5 rings (SSSR count). The number of carboxylic acids is 1. The van der Waals surface area contributed by atoms with Crippen molar-refractivity contribution in [2.24, 2.45) is 17.3 Å². The van der Waals surface area contributed by atoms with Gasteiger partial charge in [-0.2, -0.15) is 0 Å². The SMILES string of the molecule is C=C(/C(Cl)=C\C(=C/C)[C@]1(C)NC(=O)N(C23CC(C(=O)O)(C2)C3)C=C1C(C)C)C1CC1. The highest BCUT2D eigenvalue weighted by Gasteiger charge is 2.75. The third kappa shape index (κ3) is 2.96. The van der Waals surface area contributed by atoms with Gasteiger partial charge in [-0.3, -0.25) is 9.69 Å². The van der Waals surface area contributed by atoms with E-state index in [1.165, 1.54) is 0 Å². The van der Waals surface area contributed by atoms with Gasteiger partial charge in [0.25, 0.3) is 0 Å². The Balaban J connectivity index is 1.65. The number of carbonyl (C=O) groups excluding carboxylic acids is 1. The highest BCUT2D eigenvalue weighted by atomic mass is 35.5. The van der Waals surface area contributed by atoms with E-state index in [-0.39, 0.29) is 17.5 Å². The van der Waals surface area contributed by atoms with E-state index in [9.17, 15) is 14.7 Å². The summed E-state index contributed by atoms with van der Waals surface area (Å²) in [5, 5.41) is 13.3. The number of allylic oxidation sites excluding steroid dienone is 3. The molecule has 1 heterocycles. The second-order valence-electron chi connectivity index (χ2n) is 10.0. The highest BCUT2D eigenvalue weighted by molar-refractivity contribution is 6.32. The van der Waals surface area contributed by atoms with Crippen LogP contribution in [0.2, 0.25) is 0 Å². The summed E-state index contributed by atoms with van der Waals surface area (Å²) in [6.45, 7) is 12.3. The van der Waals surface area contributed by atoms with Gasteiger partial charge in [-0.05, 0) is 80.6 Å². The van der Waals surface area contributed by atoms with Crippen molar-refractivity contribution in [2.45, 2.75) is 70.9 Å². The second-order valence-corrected chi connectivity index (χ2v) is 10.4. The monoisotopic (exact) mass is 430 g/mol. The lowest BCUT2D eigenvalue weighted by Crippen LogP contribution is -2.78. The molecule has 0 radical (unpaired) electrons. The Morgan fingerprint density at radius 2 is 1.97 bits per heavy atom. The molecule has 0 aromatic heterocycles. The Morgan fingerprint density at radius 3 is 2.43 bits per heavy atom. The van der Waals surface area contributed by atoms with Crippen LogP contribution in [0.15, 0.2) is 46.7 Å². The van der Waals surface area contributed by atoms with Crippen LogP contribution in [0, 0.1) is 17.3 Å². The predicted octanol–water partition coefficient (Wildman–Crippen LogP) is 5.35. The fourth-order valence-electron chi connectivity index (χ4n) is 5.58. The van der Waals surface area contributed by atoms with Crippen molar-refractivity contribution in [1.82, 2.24) is 10.2 Å². The molecule has 1 atom stereocenters.